The van der Waals surface area contributed by atoms with Crippen LogP contribution in [0.3, 0.4) is 0 Å². The fourth-order valence-electron chi connectivity index (χ4n) is 1.66. The maximum Gasteiger partial charge on any atom is 0.310 e. The van der Waals surface area contributed by atoms with Crippen molar-refractivity contribution in [1.29, 1.82) is 0 Å². The van der Waals surface area contributed by atoms with Crippen molar-refractivity contribution < 1.29 is 14.3 Å². The van der Waals surface area contributed by atoms with E-state index in [1.807, 2.05) is 0 Å². The molecule has 2 rings (SSSR count). The molecule has 0 aliphatic rings. The summed E-state index contributed by atoms with van der Waals surface area (Å²) in [5.74, 6) is -0.207. The fourth-order valence-corrected chi connectivity index (χ4v) is 2.38. The Hall–Kier alpha value is -1.85. The van der Waals surface area contributed by atoms with Crippen LogP contribution in [0.2, 0.25) is 5.02 Å². The SMILES string of the molecule is CCC(=O)Oc1ccc(C(=O)Nc2ccc(Br)cc2Cl)cc1. The van der Waals surface area contributed by atoms with Crippen molar-refractivity contribution >= 4 is 45.1 Å². The van der Waals surface area contributed by atoms with Crippen LogP contribution in [0.25, 0.3) is 0 Å². The molecule has 0 aliphatic heterocycles. The number of amides is 1. The third-order valence-corrected chi connectivity index (χ3v) is 3.62. The summed E-state index contributed by atoms with van der Waals surface area (Å²) in [5.41, 5.74) is 0.964. The Morgan fingerprint density at radius 2 is 1.86 bits per heavy atom. The van der Waals surface area contributed by atoms with Crippen LogP contribution in [0.4, 0.5) is 5.69 Å². The first-order valence-electron chi connectivity index (χ1n) is 6.56. The van der Waals surface area contributed by atoms with Gasteiger partial charge in [-0.1, -0.05) is 34.5 Å². The van der Waals surface area contributed by atoms with E-state index in [-0.39, 0.29) is 11.9 Å². The first kappa shape index (κ1) is 16.5. The molecule has 0 saturated carbocycles. The number of ether oxygens (including phenoxy) is 1. The van der Waals surface area contributed by atoms with Crippen LogP contribution < -0.4 is 10.1 Å². The molecule has 0 aromatic heterocycles. The Balaban J connectivity index is 2.08. The summed E-state index contributed by atoms with van der Waals surface area (Å²) in [6, 6.07) is 11.5. The predicted molar refractivity (Wildman–Crippen MR) is 89.5 cm³/mol. The molecule has 0 spiro atoms. The van der Waals surface area contributed by atoms with Gasteiger partial charge in [-0.3, -0.25) is 9.59 Å². The smallest absolute Gasteiger partial charge is 0.310 e. The Morgan fingerprint density at radius 3 is 2.45 bits per heavy atom. The monoisotopic (exact) mass is 381 g/mol. The third-order valence-electron chi connectivity index (χ3n) is 2.82. The van der Waals surface area contributed by atoms with E-state index in [1.165, 1.54) is 0 Å². The lowest BCUT2D eigenvalue weighted by molar-refractivity contribution is -0.134. The summed E-state index contributed by atoms with van der Waals surface area (Å²) in [5, 5.41) is 3.17. The molecule has 1 N–H and O–H groups in total. The van der Waals surface area contributed by atoms with Gasteiger partial charge in [0, 0.05) is 16.5 Å². The number of carbonyl (C=O) groups excluding carboxylic acids is 2. The minimum Gasteiger partial charge on any atom is -0.427 e. The molecule has 0 saturated heterocycles. The third kappa shape index (κ3) is 4.32. The number of hydrogen-bond acceptors (Lipinski definition) is 3. The zero-order valence-corrected chi connectivity index (χ0v) is 14.1. The van der Waals surface area contributed by atoms with Gasteiger partial charge in [0.2, 0.25) is 0 Å². The maximum absolute atomic E-state index is 12.2. The second-order valence-corrected chi connectivity index (χ2v) is 5.75. The Morgan fingerprint density at radius 1 is 1.18 bits per heavy atom. The molecule has 22 heavy (non-hydrogen) atoms. The van der Waals surface area contributed by atoms with E-state index < -0.39 is 0 Å². The molecule has 6 heteroatoms. The van der Waals surface area contributed by atoms with Crippen molar-refractivity contribution in [3.63, 3.8) is 0 Å². The summed E-state index contributed by atoms with van der Waals surface area (Å²) in [7, 11) is 0. The van der Waals surface area contributed by atoms with Crippen LogP contribution >= 0.6 is 27.5 Å². The zero-order valence-electron chi connectivity index (χ0n) is 11.7. The molecule has 0 unspecified atom stereocenters. The summed E-state index contributed by atoms with van der Waals surface area (Å²) < 4.78 is 5.88. The average Bonchev–Trinajstić information content (AvgIpc) is 2.50. The molecule has 0 bridgehead atoms. The van der Waals surface area contributed by atoms with E-state index in [4.69, 9.17) is 16.3 Å². The van der Waals surface area contributed by atoms with E-state index in [9.17, 15) is 9.59 Å². The van der Waals surface area contributed by atoms with Gasteiger partial charge in [0.25, 0.3) is 5.91 Å². The number of halogens is 2. The van der Waals surface area contributed by atoms with Gasteiger partial charge < -0.3 is 10.1 Å². The topological polar surface area (TPSA) is 55.4 Å². The van der Waals surface area contributed by atoms with Crippen molar-refractivity contribution in [2.75, 3.05) is 5.32 Å². The van der Waals surface area contributed by atoms with Gasteiger partial charge in [-0.2, -0.15) is 0 Å². The number of benzene rings is 2. The van der Waals surface area contributed by atoms with Crippen molar-refractivity contribution in [2.45, 2.75) is 13.3 Å². The predicted octanol–water partition coefficient (Wildman–Crippen LogP) is 4.67. The van der Waals surface area contributed by atoms with Crippen molar-refractivity contribution in [3.8, 4) is 5.75 Å². The van der Waals surface area contributed by atoms with Crippen LogP contribution in [0.15, 0.2) is 46.9 Å². The van der Waals surface area contributed by atoms with Crippen LogP contribution in [-0.4, -0.2) is 11.9 Å². The number of anilines is 1. The Labute approximate surface area is 141 Å². The first-order valence-corrected chi connectivity index (χ1v) is 7.74. The van der Waals surface area contributed by atoms with Gasteiger partial charge in [0.05, 0.1) is 10.7 Å². The molecule has 0 aliphatic carbocycles. The van der Waals surface area contributed by atoms with Gasteiger partial charge >= 0.3 is 5.97 Å². The highest BCUT2D eigenvalue weighted by Crippen LogP contribution is 2.26. The van der Waals surface area contributed by atoms with Crippen LogP contribution in [0.5, 0.6) is 5.75 Å². The quantitative estimate of drug-likeness (QED) is 0.617. The summed E-state index contributed by atoms with van der Waals surface area (Å²) in [6.45, 7) is 1.71. The maximum atomic E-state index is 12.2. The van der Waals surface area contributed by atoms with E-state index >= 15 is 0 Å². The van der Waals surface area contributed by atoms with Crippen LogP contribution in [0, 0.1) is 0 Å². The fraction of sp³-hybridized carbons (Fsp3) is 0.125. The lowest BCUT2D eigenvalue weighted by Crippen LogP contribution is -2.12. The van der Waals surface area contributed by atoms with E-state index in [2.05, 4.69) is 21.2 Å². The summed E-state index contributed by atoms with van der Waals surface area (Å²) >= 11 is 9.36. The average molecular weight is 383 g/mol. The lowest BCUT2D eigenvalue weighted by Gasteiger charge is -2.08. The van der Waals surface area contributed by atoms with E-state index in [1.54, 1.807) is 49.4 Å². The minimum atomic E-state index is -0.321. The highest BCUT2D eigenvalue weighted by atomic mass is 79.9. The number of esters is 1. The molecular weight excluding hydrogens is 370 g/mol. The minimum absolute atomic E-state index is 0.294. The Kier molecular flexibility index (Phi) is 5.57. The van der Waals surface area contributed by atoms with Gasteiger partial charge in [0.1, 0.15) is 5.75 Å². The lowest BCUT2D eigenvalue weighted by atomic mass is 10.2. The van der Waals surface area contributed by atoms with E-state index in [0.29, 0.717) is 28.4 Å². The molecule has 0 atom stereocenters. The molecule has 114 valence electrons. The molecule has 4 nitrogen and oxygen atoms in total. The molecule has 2 aromatic rings. The van der Waals surface area contributed by atoms with Gasteiger partial charge in [-0.15, -0.1) is 0 Å². The van der Waals surface area contributed by atoms with Crippen LogP contribution in [-0.2, 0) is 4.79 Å². The molecule has 0 fully saturated rings. The molecule has 0 heterocycles. The van der Waals surface area contributed by atoms with Gasteiger partial charge in [-0.05, 0) is 42.5 Å². The standard InChI is InChI=1S/C16H13BrClNO3/c1-2-15(20)22-12-6-3-10(4-7-12)16(21)19-14-8-5-11(17)9-13(14)18/h3-9H,2H2,1H3,(H,19,21). The molecular formula is C16H13BrClNO3. The highest BCUT2D eigenvalue weighted by Gasteiger charge is 2.09. The zero-order chi connectivity index (χ0) is 16.1. The Bertz CT molecular complexity index is 701. The number of hydrogen-bond donors (Lipinski definition) is 1. The molecule has 2 aromatic carbocycles. The van der Waals surface area contributed by atoms with Gasteiger partial charge in [0.15, 0.2) is 0 Å². The number of nitrogens with one attached hydrogen (secondary N) is 1. The number of carbonyl (C=O) groups is 2. The normalized spacial score (nSPS) is 10.1. The van der Waals surface area contributed by atoms with E-state index in [0.717, 1.165) is 4.47 Å². The van der Waals surface area contributed by atoms with Gasteiger partial charge in [-0.25, -0.2) is 0 Å². The van der Waals surface area contributed by atoms with Crippen LogP contribution in [0.1, 0.15) is 23.7 Å². The van der Waals surface area contributed by atoms with Crippen molar-refractivity contribution in [1.82, 2.24) is 0 Å². The largest absolute Gasteiger partial charge is 0.427 e. The van der Waals surface area contributed by atoms with Crippen molar-refractivity contribution in [3.05, 3.63) is 57.5 Å². The first-order chi connectivity index (χ1) is 10.5. The summed E-state index contributed by atoms with van der Waals surface area (Å²) in [4.78, 5) is 23.3. The second kappa shape index (κ2) is 7.42. The number of rotatable bonds is 4. The van der Waals surface area contributed by atoms with Crippen molar-refractivity contribution in [2.24, 2.45) is 0 Å². The highest BCUT2D eigenvalue weighted by molar-refractivity contribution is 9.10. The molecule has 1 amide bonds. The molecule has 0 radical (unpaired) electrons. The second-order valence-electron chi connectivity index (χ2n) is 4.43. The summed E-state index contributed by atoms with van der Waals surface area (Å²) in [6.07, 6.45) is 0.296.